The lowest BCUT2D eigenvalue weighted by Gasteiger charge is -2.19. The first-order valence-corrected chi connectivity index (χ1v) is 10.0. The van der Waals surface area contributed by atoms with Crippen molar-refractivity contribution in [1.29, 1.82) is 0 Å². The Morgan fingerprint density at radius 1 is 1.38 bits per heavy atom. The van der Waals surface area contributed by atoms with Gasteiger partial charge in [0.2, 0.25) is 0 Å². The third kappa shape index (κ3) is 5.39. The summed E-state index contributed by atoms with van der Waals surface area (Å²) < 4.78 is 0. The Kier molecular flexibility index (Phi) is 7.35. The number of rotatable bonds is 7. The minimum atomic E-state index is -0.111. The zero-order valence-corrected chi connectivity index (χ0v) is 17.2. The summed E-state index contributed by atoms with van der Waals surface area (Å²) in [5.41, 5.74) is 9.99. The SMILES string of the molecule is C=C(S/C(C(=O)NCCC1CCCN1C)=C(/C)N)c1ccc(C)c(C)c1. The quantitative estimate of drug-likeness (QED) is 0.714. The van der Waals surface area contributed by atoms with E-state index >= 15 is 0 Å². The van der Waals surface area contributed by atoms with Gasteiger partial charge in [0.25, 0.3) is 5.91 Å². The van der Waals surface area contributed by atoms with E-state index in [4.69, 9.17) is 5.73 Å². The topological polar surface area (TPSA) is 58.4 Å². The van der Waals surface area contributed by atoms with Crippen LogP contribution >= 0.6 is 11.8 Å². The number of allylic oxidation sites excluding steroid dienone is 1. The number of amides is 1. The van der Waals surface area contributed by atoms with Crippen LogP contribution in [0.2, 0.25) is 0 Å². The number of benzene rings is 1. The van der Waals surface area contributed by atoms with Gasteiger partial charge in [0.15, 0.2) is 0 Å². The van der Waals surface area contributed by atoms with Gasteiger partial charge < -0.3 is 16.0 Å². The van der Waals surface area contributed by atoms with Gasteiger partial charge in [0, 0.05) is 23.2 Å². The molecule has 0 spiro atoms. The highest BCUT2D eigenvalue weighted by Crippen LogP contribution is 2.34. The molecule has 142 valence electrons. The van der Waals surface area contributed by atoms with E-state index in [1.165, 1.54) is 35.7 Å². The average Bonchev–Trinajstić information content (AvgIpc) is 2.99. The van der Waals surface area contributed by atoms with Gasteiger partial charge in [-0.2, -0.15) is 0 Å². The molecular formula is C21H31N3OS. The lowest BCUT2D eigenvalue weighted by atomic mass is 10.1. The van der Waals surface area contributed by atoms with Crippen LogP contribution in [0.4, 0.5) is 0 Å². The highest BCUT2D eigenvalue weighted by atomic mass is 32.2. The van der Waals surface area contributed by atoms with E-state index in [2.05, 4.69) is 49.8 Å². The van der Waals surface area contributed by atoms with Crippen LogP contribution in [0.15, 0.2) is 35.4 Å². The molecule has 1 amide bonds. The Balaban J connectivity index is 1.95. The molecule has 1 aromatic rings. The van der Waals surface area contributed by atoms with Crippen LogP contribution in [0.5, 0.6) is 0 Å². The van der Waals surface area contributed by atoms with E-state index in [1.54, 1.807) is 6.92 Å². The number of hydrogen-bond donors (Lipinski definition) is 2. The highest BCUT2D eigenvalue weighted by Gasteiger charge is 2.21. The van der Waals surface area contributed by atoms with Crippen molar-refractivity contribution in [3.63, 3.8) is 0 Å². The van der Waals surface area contributed by atoms with E-state index in [-0.39, 0.29) is 5.91 Å². The summed E-state index contributed by atoms with van der Waals surface area (Å²) in [5.74, 6) is -0.111. The fourth-order valence-corrected chi connectivity index (χ4v) is 4.00. The number of nitrogens with one attached hydrogen (secondary N) is 1. The van der Waals surface area contributed by atoms with Gasteiger partial charge in [0.1, 0.15) is 0 Å². The second-order valence-electron chi connectivity index (χ2n) is 7.16. The number of carbonyl (C=O) groups is 1. The van der Waals surface area contributed by atoms with Gasteiger partial charge in [0.05, 0.1) is 4.91 Å². The van der Waals surface area contributed by atoms with E-state index in [1.807, 2.05) is 6.07 Å². The van der Waals surface area contributed by atoms with Crippen LogP contribution in [0, 0.1) is 13.8 Å². The first-order chi connectivity index (χ1) is 12.3. The number of aryl methyl sites for hydroxylation is 2. The highest BCUT2D eigenvalue weighted by molar-refractivity contribution is 8.12. The number of likely N-dealkylation sites (tertiary alicyclic amines) is 1. The van der Waals surface area contributed by atoms with Crippen molar-refractivity contribution in [3.05, 3.63) is 52.1 Å². The summed E-state index contributed by atoms with van der Waals surface area (Å²) in [6.07, 6.45) is 3.43. The molecule has 0 radical (unpaired) electrons. The number of nitrogens with two attached hydrogens (primary N) is 1. The summed E-state index contributed by atoms with van der Waals surface area (Å²) in [5, 5.41) is 3.02. The molecule has 0 aromatic heterocycles. The second kappa shape index (κ2) is 9.28. The fourth-order valence-electron chi connectivity index (χ4n) is 3.18. The number of carbonyl (C=O) groups excluding carboxylic acids is 1. The minimum absolute atomic E-state index is 0.111. The molecule has 1 atom stereocenters. The maximum atomic E-state index is 12.6. The Morgan fingerprint density at radius 2 is 2.12 bits per heavy atom. The molecule has 4 nitrogen and oxygen atoms in total. The van der Waals surface area contributed by atoms with Crippen molar-refractivity contribution >= 4 is 22.6 Å². The van der Waals surface area contributed by atoms with Crippen molar-refractivity contribution in [3.8, 4) is 0 Å². The number of nitrogens with zero attached hydrogens (tertiary/aromatic N) is 1. The smallest absolute Gasteiger partial charge is 0.259 e. The molecule has 1 aromatic carbocycles. The third-order valence-corrected chi connectivity index (χ3v) is 6.25. The number of thioether (sulfide) groups is 1. The molecule has 1 aliphatic heterocycles. The molecule has 0 bridgehead atoms. The zero-order chi connectivity index (χ0) is 19.3. The molecule has 1 unspecified atom stereocenters. The van der Waals surface area contributed by atoms with Crippen LogP contribution < -0.4 is 11.1 Å². The van der Waals surface area contributed by atoms with Crippen molar-refractivity contribution in [1.82, 2.24) is 10.2 Å². The second-order valence-corrected chi connectivity index (χ2v) is 8.26. The predicted octanol–water partition coefficient (Wildman–Crippen LogP) is 3.80. The van der Waals surface area contributed by atoms with Gasteiger partial charge in [-0.05, 0) is 70.3 Å². The fraction of sp³-hybridized carbons (Fsp3) is 0.476. The first-order valence-electron chi connectivity index (χ1n) is 9.18. The molecule has 2 rings (SSSR count). The van der Waals surface area contributed by atoms with Gasteiger partial charge >= 0.3 is 0 Å². The summed E-state index contributed by atoms with van der Waals surface area (Å²) in [6, 6.07) is 6.78. The maximum Gasteiger partial charge on any atom is 0.259 e. The van der Waals surface area contributed by atoms with E-state index in [0.717, 1.165) is 23.4 Å². The molecule has 1 saturated heterocycles. The molecule has 0 aliphatic carbocycles. The lowest BCUT2D eigenvalue weighted by Crippen LogP contribution is -2.32. The van der Waals surface area contributed by atoms with Crippen molar-refractivity contribution < 1.29 is 4.79 Å². The molecule has 3 N–H and O–H groups in total. The van der Waals surface area contributed by atoms with Crippen molar-refractivity contribution in [2.75, 3.05) is 20.1 Å². The monoisotopic (exact) mass is 373 g/mol. The standard InChI is InChI=1S/C21H31N3OS/c1-14-8-9-18(13-15(14)2)17(4)26-20(16(3)22)21(25)23-11-10-19-7-6-12-24(19)5/h8-9,13,19H,4,6-7,10-12,22H2,1-3,5H3,(H,23,25)/b20-16-. The number of hydrogen-bond acceptors (Lipinski definition) is 4. The molecule has 26 heavy (non-hydrogen) atoms. The summed E-state index contributed by atoms with van der Waals surface area (Å²) in [7, 11) is 2.15. The van der Waals surface area contributed by atoms with Gasteiger partial charge in [-0.1, -0.05) is 36.5 Å². The minimum Gasteiger partial charge on any atom is -0.401 e. The molecule has 0 saturated carbocycles. The Morgan fingerprint density at radius 3 is 2.69 bits per heavy atom. The predicted molar refractivity (Wildman–Crippen MR) is 113 cm³/mol. The van der Waals surface area contributed by atoms with E-state index in [0.29, 0.717) is 23.2 Å². The maximum absolute atomic E-state index is 12.6. The van der Waals surface area contributed by atoms with Crippen LogP contribution in [0.3, 0.4) is 0 Å². The largest absolute Gasteiger partial charge is 0.401 e. The van der Waals surface area contributed by atoms with Crippen LogP contribution in [0.25, 0.3) is 4.91 Å². The summed E-state index contributed by atoms with van der Waals surface area (Å²) >= 11 is 1.35. The average molecular weight is 374 g/mol. The summed E-state index contributed by atoms with van der Waals surface area (Å²) in [6.45, 7) is 11.9. The van der Waals surface area contributed by atoms with E-state index < -0.39 is 0 Å². The Bertz CT molecular complexity index is 707. The van der Waals surface area contributed by atoms with Gasteiger partial charge in [-0.3, -0.25) is 4.79 Å². The molecule has 1 aliphatic rings. The molecule has 1 fully saturated rings. The Hall–Kier alpha value is -1.72. The molecule has 1 heterocycles. The lowest BCUT2D eigenvalue weighted by molar-refractivity contribution is -0.116. The van der Waals surface area contributed by atoms with Gasteiger partial charge in [-0.25, -0.2) is 0 Å². The van der Waals surface area contributed by atoms with Crippen LogP contribution in [0.1, 0.15) is 42.9 Å². The summed E-state index contributed by atoms with van der Waals surface area (Å²) in [4.78, 5) is 16.3. The first kappa shape index (κ1) is 20.6. The van der Waals surface area contributed by atoms with Crippen LogP contribution in [-0.2, 0) is 4.79 Å². The van der Waals surface area contributed by atoms with Crippen molar-refractivity contribution in [2.24, 2.45) is 5.73 Å². The third-order valence-electron chi connectivity index (χ3n) is 5.05. The molecule has 5 heteroatoms. The molecular weight excluding hydrogens is 342 g/mol. The zero-order valence-electron chi connectivity index (χ0n) is 16.4. The normalized spacial score (nSPS) is 18.5. The van der Waals surface area contributed by atoms with E-state index in [9.17, 15) is 4.79 Å². The van der Waals surface area contributed by atoms with Crippen LogP contribution in [-0.4, -0.2) is 37.0 Å². The van der Waals surface area contributed by atoms with Gasteiger partial charge in [-0.15, -0.1) is 0 Å². The van der Waals surface area contributed by atoms with Crippen molar-refractivity contribution in [2.45, 2.75) is 46.1 Å². The Labute approximate surface area is 161 Å².